The van der Waals surface area contributed by atoms with E-state index >= 15 is 0 Å². The maximum Gasteiger partial charge on any atom is 0.422 e. The van der Waals surface area contributed by atoms with Crippen LogP contribution < -0.4 is 10.1 Å². The van der Waals surface area contributed by atoms with Crippen LogP contribution in [-0.4, -0.2) is 78.4 Å². The number of nitrogens with one attached hydrogen (secondary N) is 1. The van der Waals surface area contributed by atoms with Gasteiger partial charge in [0.05, 0.1) is 23.1 Å². The monoisotopic (exact) mass is 514 g/mol. The minimum atomic E-state index is -4.57. The van der Waals surface area contributed by atoms with E-state index in [-0.39, 0.29) is 36.5 Å². The van der Waals surface area contributed by atoms with Crippen molar-refractivity contribution in [2.24, 2.45) is 5.92 Å². The number of hydrogen-bond acceptors (Lipinski definition) is 6. The molecule has 0 unspecified atom stereocenters. The van der Waals surface area contributed by atoms with Gasteiger partial charge < -0.3 is 24.4 Å². The number of piperidine rings is 1. The summed E-state index contributed by atoms with van der Waals surface area (Å²) in [4.78, 5) is 26.6. The first kappa shape index (κ1) is 27.6. The lowest BCUT2D eigenvalue weighted by molar-refractivity contribution is -0.153. The summed E-state index contributed by atoms with van der Waals surface area (Å²) < 4.78 is 55.8. The fourth-order valence-corrected chi connectivity index (χ4v) is 3.95. The number of carbonyl (C=O) groups excluding carboxylic acids is 2. The summed E-state index contributed by atoms with van der Waals surface area (Å²) in [6, 6.07) is 3.00. The molecule has 0 aliphatic carbocycles. The molecule has 0 radical (unpaired) electrons. The van der Waals surface area contributed by atoms with Crippen molar-refractivity contribution in [3.8, 4) is 5.75 Å². The van der Waals surface area contributed by atoms with Crippen LogP contribution in [0.1, 0.15) is 44.0 Å². The van der Waals surface area contributed by atoms with Crippen LogP contribution >= 0.6 is 0 Å². The molecule has 1 fully saturated rings. The topological polar surface area (TPSA) is 94.9 Å². The molecule has 3 rings (SSSR count). The van der Waals surface area contributed by atoms with Gasteiger partial charge in [0, 0.05) is 39.5 Å². The SMILES string of the molecule is COCCNC(=O)c1ccc2nn(CC3CCN(C(=O)OC(C)(C)C)CC3)cc2c1OCC(F)(F)F. The predicted molar refractivity (Wildman–Crippen MR) is 126 cm³/mol. The molecule has 1 aliphatic rings. The van der Waals surface area contributed by atoms with E-state index in [0.29, 0.717) is 30.5 Å². The molecular weight excluding hydrogens is 481 g/mol. The van der Waals surface area contributed by atoms with Gasteiger partial charge in [-0.05, 0) is 51.7 Å². The fourth-order valence-electron chi connectivity index (χ4n) is 3.95. The molecule has 2 aromatic rings. The third-order valence-corrected chi connectivity index (χ3v) is 5.62. The number of aromatic nitrogens is 2. The first-order chi connectivity index (χ1) is 16.9. The van der Waals surface area contributed by atoms with Crippen LogP contribution in [0.15, 0.2) is 18.3 Å². The van der Waals surface area contributed by atoms with Gasteiger partial charge in [-0.25, -0.2) is 4.79 Å². The van der Waals surface area contributed by atoms with Gasteiger partial charge >= 0.3 is 12.3 Å². The molecule has 1 aliphatic heterocycles. The Bertz CT molecular complexity index is 1060. The van der Waals surface area contributed by atoms with E-state index in [1.807, 2.05) is 20.8 Å². The fraction of sp³-hybridized carbons (Fsp3) is 0.625. The first-order valence-electron chi connectivity index (χ1n) is 11.8. The number of alkyl halides is 3. The Morgan fingerprint density at radius 3 is 2.47 bits per heavy atom. The van der Waals surface area contributed by atoms with Crippen LogP contribution in [-0.2, 0) is 16.0 Å². The van der Waals surface area contributed by atoms with Gasteiger partial charge in [0.1, 0.15) is 11.4 Å². The van der Waals surface area contributed by atoms with Crippen LogP contribution in [0.2, 0.25) is 0 Å². The highest BCUT2D eigenvalue weighted by molar-refractivity contribution is 6.03. The second-order valence-electron chi connectivity index (χ2n) is 9.79. The molecule has 9 nitrogen and oxygen atoms in total. The lowest BCUT2D eigenvalue weighted by atomic mass is 9.97. The molecule has 1 aromatic heterocycles. The molecule has 1 aromatic carbocycles. The van der Waals surface area contributed by atoms with Gasteiger partial charge in [0.25, 0.3) is 5.91 Å². The van der Waals surface area contributed by atoms with Crippen molar-refractivity contribution in [2.75, 3.05) is 40.0 Å². The number of likely N-dealkylation sites (tertiary alicyclic amines) is 1. The van der Waals surface area contributed by atoms with Crippen molar-refractivity contribution in [3.63, 3.8) is 0 Å². The summed E-state index contributed by atoms with van der Waals surface area (Å²) in [5, 5.41) is 7.42. The molecule has 1 saturated heterocycles. The van der Waals surface area contributed by atoms with Crippen LogP contribution in [0.25, 0.3) is 10.9 Å². The Hall–Kier alpha value is -3.02. The summed E-state index contributed by atoms with van der Waals surface area (Å²) in [5.41, 5.74) is -0.144. The van der Waals surface area contributed by atoms with E-state index in [9.17, 15) is 22.8 Å². The zero-order valence-corrected chi connectivity index (χ0v) is 21.0. The number of amides is 2. The number of benzene rings is 1. The number of nitrogens with zero attached hydrogens (tertiary/aromatic N) is 3. The first-order valence-corrected chi connectivity index (χ1v) is 11.8. The van der Waals surface area contributed by atoms with E-state index < -0.39 is 24.3 Å². The number of rotatable bonds is 8. The average molecular weight is 515 g/mol. The molecule has 0 spiro atoms. The number of halogens is 3. The molecule has 0 bridgehead atoms. The lowest BCUT2D eigenvalue weighted by Crippen LogP contribution is -2.42. The second-order valence-corrected chi connectivity index (χ2v) is 9.79. The Kier molecular flexibility index (Phi) is 8.70. The van der Waals surface area contributed by atoms with Crippen LogP contribution in [0.5, 0.6) is 5.75 Å². The molecule has 12 heteroatoms. The van der Waals surface area contributed by atoms with E-state index in [0.717, 1.165) is 12.8 Å². The van der Waals surface area contributed by atoms with Crippen molar-refractivity contribution < 1.29 is 37.0 Å². The van der Waals surface area contributed by atoms with E-state index in [1.54, 1.807) is 21.8 Å². The summed E-state index contributed by atoms with van der Waals surface area (Å²) in [6.07, 6.45) is -1.83. The zero-order chi connectivity index (χ0) is 26.5. The van der Waals surface area contributed by atoms with Crippen LogP contribution in [0.3, 0.4) is 0 Å². The highest BCUT2D eigenvalue weighted by Crippen LogP contribution is 2.32. The van der Waals surface area contributed by atoms with Crippen LogP contribution in [0.4, 0.5) is 18.0 Å². The van der Waals surface area contributed by atoms with Gasteiger partial charge in [-0.3, -0.25) is 9.48 Å². The van der Waals surface area contributed by atoms with E-state index in [2.05, 4.69) is 10.4 Å². The molecule has 200 valence electrons. The predicted octanol–water partition coefficient (Wildman–Crippen LogP) is 4.00. The van der Waals surface area contributed by atoms with Gasteiger partial charge in [0.2, 0.25) is 0 Å². The number of hydrogen-bond donors (Lipinski definition) is 1. The Morgan fingerprint density at radius 1 is 1.17 bits per heavy atom. The quantitative estimate of drug-likeness (QED) is 0.535. The molecule has 36 heavy (non-hydrogen) atoms. The molecule has 1 N–H and O–H groups in total. The maximum atomic E-state index is 12.9. The summed E-state index contributed by atoms with van der Waals surface area (Å²) in [6.45, 7) is 6.01. The number of carbonyl (C=O) groups is 2. The zero-order valence-electron chi connectivity index (χ0n) is 21.0. The highest BCUT2D eigenvalue weighted by Gasteiger charge is 2.31. The summed E-state index contributed by atoms with van der Waals surface area (Å²) in [5.74, 6) is -0.506. The van der Waals surface area contributed by atoms with Crippen molar-refractivity contribution >= 4 is 22.9 Å². The number of methoxy groups -OCH3 is 1. The van der Waals surface area contributed by atoms with Crippen molar-refractivity contribution in [1.29, 1.82) is 0 Å². The second kappa shape index (κ2) is 11.4. The minimum Gasteiger partial charge on any atom is -0.483 e. The Labute approximate surface area is 207 Å². The largest absolute Gasteiger partial charge is 0.483 e. The third-order valence-electron chi connectivity index (χ3n) is 5.62. The highest BCUT2D eigenvalue weighted by atomic mass is 19.4. The minimum absolute atomic E-state index is 0.00641. The molecule has 2 amide bonds. The van der Waals surface area contributed by atoms with E-state index in [4.69, 9.17) is 14.2 Å². The Morgan fingerprint density at radius 2 is 1.86 bits per heavy atom. The van der Waals surface area contributed by atoms with Gasteiger partial charge in [-0.15, -0.1) is 0 Å². The molecular formula is C24H33F3N4O5. The van der Waals surface area contributed by atoms with Crippen molar-refractivity contribution in [1.82, 2.24) is 20.0 Å². The maximum absolute atomic E-state index is 12.9. The van der Waals surface area contributed by atoms with Crippen molar-refractivity contribution in [2.45, 2.75) is 51.9 Å². The summed E-state index contributed by atoms with van der Waals surface area (Å²) >= 11 is 0. The van der Waals surface area contributed by atoms with Gasteiger partial charge in [-0.1, -0.05) is 0 Å². The van der Waals surface area contributed by atoms with Gasteiger partial charge in [-0.2, -0.15) is 18.3 Å². The van der Waals surface area contributed by atoms with Gasteiger partial charge in [0.15, 0.2) is 6.61 Å². The standard InChI is InChI=1S/C24H33F3N4O5/c1-23(2,3)36-22(33)30-10-7-16(8-11-30)13-31-14-18-19(29-31)6-5-17(21(32)28-9-12-34-4)20(18)35-15-24(25,26)27/h5-6,14,16H,7-13,15H2,1-4H3,(H,28,32). The van der Waals surface area contributed by atoms with Crippen LogP contribution in [0, 0.1) is 5.92 Å². The lowest BCUT2D eigenvalue weighted by Gasteiger charge is -2.33. The average Bonchev–Trinajstić information content (AvgIpc) is 3.18. The number of ether oxygens (including phenoxy) is 3. The number of fused-ring (bicyclic) bond motifs is 1. The van der Waals surface area contributed by atoms with Crippen molar-refractivity contribution in [3.05, 3.63) is 23.9 Å². The Balaban J connectivity index is 1.74. The van der Waals surface area contributed by atoms with E-state index in [1.165, 1.54) is 13.2 Å². The molecule has 0 atom stereocenters. The molecule has 2 heterocycles. The molecule has 0 saturated carbocycles. The third kappa shape index (κ3) is 7.74. The summed E-state index contributed by atoms with van der Waals surface area (Å²) in [7, 11) is 1.48. The normalized spacial score (nSPS) is 15.2. The smallest absolute Gasteiger partial charge is 0.422 e.